The molecular weight excluding hydrogens is 354 g/mol. The minimum absolute atomic E-state index is 0.0126. The van der Waals surface area contributed by atoms with Crippen molar-refractivity contribution in [2.45, 2.75) is 38.6 Å². The van der Waals surface area contributed by atoms with Crippen molar-refractivity contribution in [3.63, 3.8) is 0 Å². The van der Waals surface area contributed by atoms with Gasteiger partial charge in [-0.15, -0.1) is 0 Å². The molecule has 1 aliphatic rings. The standard InChI is InChI=1S/C23H31NO4/c1-23(2,3)17-13-18(25-4)16(12-19(17)26-5)22-15-11-21(28-7)20(27-6)10-14(15)8-9-24-22/h10-13,22,24H,8-9H2,1-7H3. The third-order valence-electron chi connectivity index (χ3n) is 5.37. The van der Waals surface area contributed by atoms with Crippen molar-refractivity contribution >= 4 is 0 Å². The Morgan fingerprint density at radius 3 is 1.89 bits per heavy atom. The van der Waals surface area contributed by atoms with Gasteiger partial charge in [-0.05, 0) is 47.2 Å². The SMILES string of the molecule is COc1cc2c(cc1OC)C(c1cc(OC)c(C(C)(C)C)cc1OC)NCC2. The Morgan fingerprint density at radius 2 is 1.32 bits per heavy atom. The fraction of sp³-hybridized carbons (Fsp3) is 0.478. The second-order valence-electron chi connectivity index (χ2n) is 8.09. The summed E-state index contributed by atoms with van der Waals surface area (Å²) in [7, 11) is 6.77. The van der Waals surface area contributed by atoms with Crippen LogP contribution in [0.4, 0.5) is 0 Å². The summed E-state index contributed by atoms with van der Waals surface area (Å²) in [6, 6.07) is 8.33. The maximum atomic E-state index is 5.80. The van der Waals surface area contributed by atoms with Gasteiger partial charge in [-0.25, -0.2) is 0 Å². The Bertz CT molecular complexity index is 855. The quantitative estimate of drug-likeness (QED) is 0.834. The average molecular weight is 386 g/mol. The molecule has 1 heterocycles. The zero-order valence-corrected chi connectivity index (χ0v) is 17.9. The maximum Gasteiger partial charge on any atom is 0.161 e. The number of benzene rings is 2. The molecule has 5 heteroatoms. The molecule has 2 aromatic carbocycles. The Balaban J connectivity index is 2.18. The highest BCUT2D eigenvalue weighted by atomic mass is 16.5. The number of nitrogens with one attached hydrogen (secondary N) is 1. The van der Waals surface area contributed by atoms with E-state index in [1.54, 1.807) is 28.4 Å². The Morgan fingerprint density at radius 1 is 0.750 bits per heavy atom. The second-order valence-corrected chi connectivity index (χ2v) is 8.09. The normalized spacial score (nSPS) is 16.3. The molecule has 0 saturated carbocycles. The van der Waals surface area contributed by atoms with E-state index in [1.807, 2.05) is 0 Å². The van der Waals surface area contributed by atoms with E-state index in [1.165, 1.54) is 11.1 Å². The fourth-order valence-electron chi connectivity index (χ4n) is 3.89. The van der Waals surface area contributed by atoms with Crippen molar-refractivity contribution in [2.24, 2.45) is 0 Å². The van der Waals surface area contributed by atoms with Gasteiger partial charge in [0.25, 0.3) is 0 Å². The number of ether oxygens (including phenoxy) is 4. The molecule has 2 aromatic rings. The van der Waals surface area contributed by atoms with E-state index >= 15 is 0 Å². The molecule has 1 unspecified atom stereocenters. The molecule has 0 saturated heterocycles. The summed E-state index contributed by atoms with van der Waals surface area (Å²) in [5.41, 5.74) is 4.56. The van der Waals surface area contributed by atoms with Gasteiger partial charge >= 0.3 is 0 Å². The molecular formula is C23H31NO4. The number of rotatable bonds is 5. The molecule has 0 radical (unpaired) electrons. The summed E-state index contributed by atoms with van der Waals surface area (Å²) in [5, 5.41) is 3.63. The van der Waals surface area contributed by atoms with Crippen LogP contribution in [0.2, 0.25) is 0 Å². The van der Waals surface area contributed by atoms with Crippen LogP contribution in [0.3, 0.4) is 0 Å². The molecule has 1 atom stereocenters. The van der Waals surface area contributed by atoms with Gasteiger partial charge in [0.2, 0.25) is 0 Å². The zero-order chi connectivity index (χ0) is 20.5. The van der Waals surface area contributed by atoms with Crippen molar-refractivity contribution < 1.29 is 18.9 Å². The van der Waals surface area contributed by atoms with Crippen LogP contribution in [0.1, 0.15) is 49.1 Å². The first-order valence-electron chi connectivity index (χ1n) is 9.58. The molecule has 0 fully saturated rings. The molecule has 0 aliphatic carbocycles. The van der Waals surface area contributed by atoms with Gasteiger partial charge in [0, 0.05) is 17.7 Å². The van der Waals surface area contributed by atoms with Crippen LogP contribution in [0.5, 0.6) is 23.0 Å². The van der Waals surface area contributed by atoms with E-state index in [-0.39, 0.29) is 11.5 Å². The fourth-order valence-corrected chi connectivity index (χ4v) is 3.89. The first kappa shape index (κ1) is 20.3. The topological polar surface area (TPSA) is 49.0 Å². The van der Waals surface area contributed by atoms with Crippen molar-refractivity contribution in [2.75, 3.05) is 35.0 Å². The monoisotopic (exact) mass is 385 g/mol. The predicted octanol–water partition coefficient (Wildman–Crippen LogP) is 4.25. The highest BCUT2D eigenvalue weighted by Crippen LogP contribution is 2.43. The summed E-state index contributed by atoms with van der Waals surface area (Å²) >= 11 is 0. The van der Waals surface area contributed by atoms with Crippen LogP contribution in [-0.4, -0.2) is 35.0 Å². The molecule has 1 N–H and O–H groups in total. The minimum Gasteiger partial charge on any atom is -0.496 e. The molecule has 152 valence electrons. The summed E-state index contributed by atoms with van der Waals surface area (Å²) in [5.74, 6) is 3.21. The molecule has 0 bridgehead atoms. The summed E-state index contributed by atoms with van der Waals surface area (Å²) in [4.78, 5) is 0. The highest BCUT2D eigenvalue weighted by molar-refractivity contribution is 5.56. The van der Waals surface area contributed by atoms with Gasteiger partial charge in [0.1, 0.15) is 11.5 Å². The van der Waals surface area contributed by atoms with Gasteiger partial charge < -0.3 is 24.3 Å². The van der Waals surface area contributed by atoms with Gasteiger partial charge in [-0.2, -0.15) is 0 Å². The summed E-state index contributed by atoms with van der Waals surface area (Å²) in [6.07, 6.45) is 0.936. The number of hydrogen-bond donors (Lipinski definition) is 1. The number of hydrogen-bond acceptors (Lipinski definition) is 5. The van der Waals surface area contributed by atoms with E-state index in [4.69, 9.17) is 18.9 Å². The van der Waals surface area contributed by atoms with Crippen molar-refractivity contribution in [3.8, 4) is 23.0 Å². The molecule has 1 aliphatic heterocycles. The summed E-state index contributed by atoms with van der Waals surface area (Å²) < 4.78 is 22.6. The predicted molar refractivity (Wildman–Crippen MR) is 111 cm³/mol. The van der Waals surface area contributed by atoms with Crippen LogP contribution in [0.25, 0.3) is 0 Å². The first-order chi connectivity index (χ1) is 13.3. The van der Waals surface area contributed by atoms with Crippen LogP contribution < -0.4 is 24.3 Å². The van der Waals surface area contributed by atoms with Crippen LogP contribution in [-0.2, 0) is 11.8 Å². The van der Waals surface area contributed by atoms with E-state index in [9.17, 15) is 0 Å². The molecule has 3 rings (SSSR count). The summed E-state index contributed by atoms with van der Waals surface area (Å²) in [6.45, 7) is 7.40. The molecule has 0 spiro atoms. The van der Waals surface area contributed by atoms with E-state index in [0.29, 0.717) is 0 Å². The lowest BCUT2D eigenvalue weighted by molar-refractivity contribution is 0.352. The first-order valence-corrected chi connectivity index (χ1v) is 9.58. The third kappa shape index (κ3) is 3.63. The van der Waals surface area contributed by atoms with Crippen molar-refractivity contribution in [1.82, 2.24) is 5.32 Å². The lowest BCUT2D eigenvalue weighted by Crippen LogP contribution is -2.31. The third-order valence-corrected chi connectivity index (χ3v) is 5.37. The lowest BCUT2D eigenvalue weighted by Gasteiger charge is -2.31. The van der Waals surface area contributed by atoms with Gasteiger partial charge in [-0.1, -0.05) is 20.8 Å². The van der Waals surface area contributed by atoms with Gasteiger partial charge in [-0.3, -0.25) is 0 Å². The number of fused-ring (bicyclic) bond motifs is 1. The number of methoxy groups -OCH3 is 4. The molecule has 0 amide bonds. The molecule has 28 heavy (non-hydrogen) atoms. The Kier molecular flexibility index (Phi) is 5.75. The highest BCUT2D eigenvalue weighted by Gasteiger charge is 2.29. The van der Waals surface area contributed by atoms with Crippen molar-refractivity contribution in [3.05, 3.63) is 46.5 Å². The van der Waals surface area contributed by atoms with Gasteiger partial charge in [0.05, 0.1) is 34.5 Å². The Labute approximate surface area is 168 Å². The minimum atomic E-state index is -0.0500. The van der Waals surface area contributed by atoms with E-state index in [2.05, 4.69) is 50.4 Å². The largest absolute Gasteiger partial charge is 0.496 e. The second kappa shape index (κ2) is 7.92. The maximum absolute atomic E-state index is 5.80. The van der Waals surface area contributed by atoms with Crippen LogP contribution >= 0.6 is 0 Å². The van der Waals surface area contributed by atoms with Crippen molar-refractivity contribution in [1.29, 1.82) is 0 Å². The average Bonchev–Trinajstić information content (AvgIpc) is 2.70. The molecule has 0 aromatic heterocycles. The Hall–Kier alpha value is -2.40. The van der Waals surface area contributed by atoms with Crippen LogP contribution in [0, 0.1) is 0 Å². The van der Waals surface area contributed by atoms with Gasteiger partial charge in [0.15, 0.2) is 11.5 Å². The van der Waals surface area contributed by atoms with Crippen LogP contribution in [0.15, 0.2) is 24.3 Å². The smallest absolute Gasteiger partial charge is 0.161 e. The zero-order valence-electron chi connectivity index (χ0n) is 17.9. The van der Waals surface area contributed by atoms with E-state index < -0.39 is 0 Å². The molecule has 5 nitrogen and oxygen atoms in total. The van der Waals surface area contributed by atoms with E-state index in [0.717, 1.165) is 47.1 Å². The lowest BCUT2D eigenvalue weighted by atomic mass is 9.83.